The van der Waals surface area contributed by atoms with Crippen molar-refractivity contribution in [2.75, 3.05) is 0 Å². The quantitative estimate of drug-likeness (QED) is 0.194. The van der Waals surface area contributed by atoms with E-state index in [0.717, 1.165) is 12.2 Å². The zero-order chi connectivity index (χ0) is 4.41. The minimum absolute atomic E-state index is 0.931. The summed E-state index contributed by atoms with van der Waals surface area (Å²) in [5, 5.41) is 9.89. The van der Waals surface area contributed by atoms with Crippen LogP contribution in [-0.2, 0) is 3.96 Å². The van der Waals surface area contributed by atoms with Crippen molar-refractivity contribution in [3.63, 3.8) is 0 Å². The zero-order valence-electron chi connectivity index (χ0n) is 2.88. The standard InChI is InChI=1S/C2H3NO2S/c4-5-2-1-3-6-5/h1-3H. The predicted octanol–water partition coefficient (Wildman–Crippen LogP) is -0.548. The van der Waals surface area contributed by atoms with Crippen molar-refractivity contribution in [2.45, 2.75) is 0 Å². The van der Waals surface area contributed by atoms with Gasteiger partial charge in [-0.2, -0.15) is 0 Å². The summed E-state index contributed by atoms with van der Waals surface area (Å²) >= 11 is 0.931. The molecule has 1 aliphatic rings. The lowest BCUT2D eigenvalue weighted by atomic mass is 11.0. The first-order valence-corrected chi connectivity index (χ1v) is 2.14. The fourth-order valence-corrected chi connectivity index (χ4v) is 0.503. The summed E-state index contributed by atoms with van der Waals surface area (Å²) in [7, 11) is 0. The molecule has 0 saturated heterocycles. The average molecular weight is 105 g/mol. The van der Waals surface area contributed by atoms with E-state index >= 15 is 0 Å². The second kappa shape index (κ2) is 1.40. The van der Waals surface area contributed by atoms with Gasteiger partial charge in [-0.25, -0.2) is 4.72 Å². The molecule has 0 radical (unpaired) electrons. The van der Waals surface area contributed by atoms with E-state index in [1.165, 1.54) is 10.2 Å². The van der Waals surface area contributed by atoms with Crippen LogP contribution in [0, 0.1) is 0 Å². The largest absolute Gasteiger partial charge is 0.479 e. The third-order valence-electron chi connectivity index (χ3n) is 0.377. The molecule has 0 aromatic rings. The van der Waals surface area contributed by atoms with Gasteiger partial charge in [-0.3, -0.25) is 0 Å². The number of hydrogen-bond donors (Lipinski definition) is 1. The minimum Gasteiger partial charge on any atom is -0.479 e. The summed E-state index contributed by atoms with van der Waals surface area (Å²) in [4.78, 5) is 0. The Kier molecular flexibility index (Phi) is 0.894. The molecule has 1 N–H and O–H groups in total. The van der Waals surface area contributed by atoms with E-state index in [4.69, 9.17) is 0 Å². The van der Waals surface area contributed by atoms with Gasteiger partial charge in [0.05, 0.1) is 0 Å². The lowest BCUT2D eigenvalue weighted by Crippen LogP contribution is -2.10. The Hall–Kier alpha value is -0.350. The van der Waals surface area contributed by atoms with E-state index in [1.807, 2.05) is 0 Å². The van der Waals surface area contributed by atoms with Gasteiger partial charge in [0.25, 0.3) is 6.26 Å². The highest BCUT2D eigenvalue weighted by Gasteiger charge is 2.00. The molecule has 0 aromatic carbocycles. The summed E-state index contributed by atoms with van der Waals surface area (Å²) in [5.74, 6) is 0. The fraction of sp³-hybridized carbons (Fsp3) is 0. The molecule has 0 fully saturated rings. The van der Waals surface area contributed by atoms with Gasteiger partial charge in [0.1, 0.15) is 6.20 Å². The second-order valence-corrected chi connectivity index (χ2v) is 1.50. The molecule has 0 amide bonds. The van der Waals surface area contributed by atoms with Crippen LogP contribution in [0.4, 0.5) is 0 Å². The number of hydrogen-bond acceptors (Lipinski definition) is 3. The smallest absolute Gasteiger partial charge is 0.385 e. The van der Waals surface area contributed by atoms with Gasteiger partial charge < -0.3 is 9.22 Å². The van der Waals surface area contributed by atoms with Crippen molar-refractivity contribution >= 4 is 12.2 Å². The normalized spacial score (nSPS) is 18.5. The molecule has 6 heavy (non-hydrogen) atoms. The van der Waals surface area contributed by atoms with Crippen molar-refractivity contribution in [2.24, 2.45) is 0 Å². The van der Waals surface area contributed by atoms with Crippen molar-refractivity contribution < 1.29 is 9.22 Å². The summed E-state index contributed by atoms with van der Waals surface area (Å²) in [6.07, 6.45) is 2.87. The van der Waals surface area contributed by atoms with Gasteiger partial charge in [-0.1, -0.05) is 0 Å². The maximum atomic E-state index is 9.89. The molecule has 0 atom stereocenters. The molecule has 34 valence electrons. The summed E-state index contributed by atoms with van der Waals surface area (Å²) in [6.45, 7) is 0. The van der Waals surface area contributed by atoms with Gasteiger partial charge in [0, 0.05) is 0 Å². The maximum Gasteiger partial charge on any atom is 0.385 e. The van der Waals surface area contributed by atoms with Crippen LogP contribution in [0.3, 0.4) is 0 Å². The topological polar surface area (TPSA) is 37.8 Å². The summed E-state index contributed by atoms with van der Waals surface area (Å²) < 4.78 is 3.98. The van der Waals surface area contributed by atoms with E-state index in [9.17, 15) is 5.26 Å². The Morgan fingerprint density at radius 1 is 1.83 bits per heavy atom. The van der Waals surface area contributed by atoms with Gasteiger partial charge >= 0.3 is 12.2 Å². The fourth-order valence-electron chi connectivity index (χ4n) is 0.186. The molecule has 3 nitrogen and oxygen atoms in total. The lowest BCUT2D eigenvalue weighted by Gasteiger charge is -2.06. The molecule has 1 heterocycles. The van der Waals surface area contributed by atoms with Crippen LogP contribution in [0.5, 0.6) is 0 Å². The maximum absolute atomic E-state index is 9.89. The van der Waals surface area contributed by atoms with Crippen LogP contribution in [0.25, 0.3) is 0 Å². The van der Waals surface area contributed by atoms with E-state index < -0.39 is 0 Å². The van der Waals surface area contributed by atoms with E-state index in [2.05, 4.69) is 4.72 Å². The summed E-state index contributed by atoms with van der Waals surface area (Å²) in [5.41, 5.74) is 0. The zero-order valence-corrected chi connectivity index (χ0v) is 3.70. The van der Waals surface area contributed by atoms with Crippen LogP contribution >= 0.6 is 12.2 Å². The molecule has 0 spiro atoms. The molecule has 0 unspecified atom stereocenters. The molecule has 1 aliphatic heterocycles. The molecule has 0 bridgehead atoms. The highest BCUT2D eigenvalue weighted by Crippen LogP contribution is 2.09. The molecule has 0 saturated carbocycles. The van der Waals surface area contributed by atoms with Gasteiger partial charge in [0.2, 0.25) is 0 Å². The second-order valence-electron chi connectivity index (χ2n) is 0.764. The van der Waals surface area contributed by atoms with Crippen molar-refractivity contribution in [1.82, 2.24) is 4.72 Å². The van der Waals surface area contributed by atoms with Crippen molar-refractivity contribution in [3.8, 4) is 0 Å². The Bertz CT molecular complexity index is 73.9. The van der Waals surface area contributed by atoms with Crippen LogP contribution < -0.4 is 9.98 Å². The molecule has 0 aliphatic carbocycles. The van der Waals surface area contributed by atoms with Crippen molar-refractivity contribution in [1.29, 1.82) is 0 Å². The first-order valence-electron chi connectivity index (χ1n) is 1.40. The molecular weight excluding hydrogens is 102 g/mol. The van der Waals surface area contributed by atoms with Crippen LogP contribution in [-0.4, -0.2) is 0 Å². The first-order chi connectivity index (χ1) is 2.89. The predicted molar refractivity (Wildman–Crippen MR) is 21.0 cm³/mol. The van der Waals surface area contributed by atoms with E-state index in [-0.39, 0.29) is 0 Å². The Morgan fingerprint density at radius 2 is 2.67 bits per heavy atom. The summed E-state index contributed by atoms with van der Waals surface area (Å²) in [6, 6.07) is 0. The molecule has 4 heteroatoms. The number of rotatable bonds is 0. The molecule has 0 aromatic heterocycles. The minimum atomic E-state index is 0.931. The van der Waals surface area contributed by atoms with E-state index in [0.29, 0.717) is 0 Å². The van der Waals surface area contributed by atoms with Gasteiger partial charge in [0.15, 0.2) is 0 Å². The average Bonchev–Trinajstić information content (AvgIpc) is 1.86. The number of nitrogens with one attached hydrogen (secondary N) is 1. The lowest BCUT2D eigenvalue weighted by molar-refractivity contribution is -0.703. The highest BCUT2D eigenvalue weighted by molar-refractivity contribution is 7.93. The Balaban J connectivity index is 2.38. The van der Waals surface area contributed by atoms with Crippen LogP contribution in [0.2, 0.25) is 0 Å². The van der Waals surface area contributed by atoms with E-state index in [1.54, 1.807) is 6.20 Å². The third kappa shape index (κ3) is 0.580. The third-order valence-corrected chi connectivity index (χ3v) is 0.885. The van der Waals surface area contributed by atoms with Gasteiger partial charge in [-0.15, -0.1) is 0 Å². The van der Waals surface area contributed by atoms with Crippen molar-refractivity contribution in [3.05, 3.63) is 12.5 Å². The van der Waals surface area contributed by atoms with Crippen LogP contribution in [0.15, 0.2) is 12.5 Å². The molecule has 1 rings (SSSR count). The highest BCUT2D eigenvalue weighted by atomic mass is 32.2. The first kappa shape index (κ1) is 3.83. The SMILES string of the molecule is [O-][O+]1C=CNS1. The Morgan fingerprint density at radius 3 is 2.83 bits per heavy atom. The molecular formula is C2H3NO2S. The van der Waals surface area contributed by atoms with Crippen LogP contribution in [0.1, 0.15) is 0 Å². The monoisotopic (exact) mass is 105 g/mol. The Labute approximate surface area is 39.6 Å². The van der Waals surface area contributed by atoms with Gasteiger partial charge in [-0.05, 0) is 0 Å².